The van der Waals surface area contributed by atoms with Crippen LogP contribution in [0.5, 0.6) is 0 Å². The highest BCUT2D eigenvalue weighted by Crippen LogP contribution is 2.05. The number of rotatable bonds is 5. The van der Waals surface area contributed by atoms with Crippen molar-refractivity contribution in [3.8, 4) is 0 Å². The van der Waals surface area contributed by atoms with Crippen molar-refractivity contribution in [3.05, 3.63) is 0 Å². The molecule has 0 aromatic carbocycles. The summed E-state index contributed by atoms with van der Waals surface area (Å²) in [7, 11) is 1.25. The molecule has 0 fully saturated rings. The van der Waals surface area contributed by atoms with Gasteiger partial charge in [0.2, 0.25) is 0 Å². The summed E-state index contributed by atoms with van der Waals surface area (Å²) >= 11 is 0. The van der Waals surface area contributed by atoms with E-state index in [0.717, 1.165) is 5.75 Å². The average molecular weight is 191 g/mol. The second-order valence-electron chi connectivity index (χ2n) is 3.74. The Kier molecular flexibility index (Phi) is 5.76. The van der Waals surface area contributed by atoms with Crippen molar-refractivity contribution in [2.45, 2.75) is 39.0 Å². The Morgan fingerprint density at radius 3 is 2.00 bits per heavy atom. The zero-order valence-electron chi connectivity index (χ0n) is 8.76. The lowest BCUT2D eigenvalue weighted by Crippen LogP contribution is -2.37. The van der Waals surface area contributed by atoms with Crippen molar-refractivity contribution in [2.24, 2.45) is 5.92 Å². The van der Waals surface area contributed by atoms with Crippen LogP contribution in [0.15, 0.2) is 0 Å². The number of nitrogens with one attached hydrogen (secondary N) is 1. The van der Waals surface area contributed by atoms with Crippen molar-refractivity contribution in [1.82, 2.24) is 5.32 Å². The van der Waals surface area contributed by atoms with Crippen LogP contribution in [0, 0.1) is 5.92 Å². The van der Waals surface area contributed by atoms with Gasteiger partial charge in [-0.2, -0.15) is 0 Å². The highest BCUT2D eigenvalue weighted by Gasteiger charge is 2.15. The van der Waals surface area contributed by atoms with Crippen LogP contribution >= 0.6 is 0 Å². The largest absolute Gasteiger partial charge is 0.316 e. The van der Waals surface area contributed by atoms with Gasteiger partial charge in [-0.25, -0.2) is 0 Å². The van der Waals surface area contributed by atoms with Crippen molar-refractivity contribution >= 4 is 10.8 Å². The first-order valence-corrected chi connectivity index (χ1v) is 5.91. The quantitative estimate of drug-likeness (QED) is 0.711. The molecule has 0 rings (SSSR count). The standard InChI is InChI=1S/C9H21NOS/c1-7(2)9(10-5)6-12(11)8(3)4/h7-10H,6H2,1-5H3. The van der Waals surface area contributed by atoms with E-state index in [0.29, 0.717) is 12.0 Å². The van der Waals surface area contributed by atoms with Crippen LogP contribution < -0.4 is 5.32 Å². The van der Waals surface area contributed by atoms with Crippen molar-refractivity contribution in [2.75, 3.05) is 12.8 Å². The summed E-state index contributed by atoms with van der Waals surface area (Å²) in [5.41, 5.74) is 0. The van der Waals surface area contributed by atoms with Crippen molar-refractivity contribution < 1.29 is 4.21 Å². The van der Waals surface area contributed by atoms with Gasteiger partial charge in [0.1, 0.15) is 0 Å². The molecule has 2 unspecified atom stereocenters. The molecule has 0 spiro atoms. The van der Waals surface area contributed by atoms with E-state index in [-0.39, 0.29) is 5.25 Å². The third-order valence-corrected chi connectivity index (χ3v) is 3.78. The molecule has 0 saturated heterocycles. The van der Waals surface area contributed by atoms with Crippen molar-refractivity contribution in [1.29, 1.82) is 0 Å². The Morgan fingerprint density at radius 1 is 1.25 bits per heavy atom. The zero-order chi connectivity index (χ0) is 9.72. The third-order valence-electron chi connectivity index (χ3n) is 2.05. The van der Waals surface area contributed by atoms with E-state index in [4.69, 9.17) is 0 Å². The van der Waals surface area contributed by atoms with Crippen LogP contribution in [0.2, 0.25) is 0 Å². The summed E-state index contributed by atoms with van der Waals surface area (Å²) < 4.78 is 11.5. The maximum Gasteiger partial charge on any atom is 0.0393 e. The molecule has 12 heavy (non-hydrogen) atoms. The lowest BCUT2D eigenvalue weighted by atomic mass is 10.1. The molecular formula is C9H21NOS. The van der Waals surface area contributed by atoms with Gasteiger partial charge in [0, 0.05) is 27.8 Å². The Bertz CT molecular complexity index is 145. The highest BCUT2D eigenvalue weighted by atomic mass is 32.2. The first-order chi connectivity index (χ1) is 5.49. The Hall–Kier alpha value is 0.110. The van der Waals surface area contributed by atoms with Crippen LogP contribution in [0.4, 0.5) is 0 Å². The van der Waals surface area contributed by atoms with Crippen LogP contribution in [0.1, 0.15) is 27.7 Å². The lowest BCUT2D eigenvalue weighted by Gasteiger charge is -2.20. The molecule has 2 atom stereocenters. The lowest BCUT2D eigenvalue weighted by molar-refractivity contribution is 0.461. The van der Waals surface area contributed by atoms with Gasteiger partial charge in [-0.05, 0) is 13.0 Å². The number of hydrogen-bond acceptors (Lipinski definition) is 2. The smallest absolute Gasteiger partial charge is 0.0393 e. The van der Waals surface area contributed by atoms with E-state index < -0.39 is 10.8 Å². The fraction of sp³-hybridized carbons (Fsp3) is 1.00. The molecule has 0 amide bonds. The molecular weight excluding hydrogens is 170 g/mol. The molecule has 0 aromatic rings. The molecule has 1 N–H and O–H groups in total. The molecule has 0 heterocycles. The van der Waals surface area contributed by atoms with Crippen molar-refractivity contribution in [3.63, 3.8) is 0 Å². The second kappa shape index (κ2) is 5.70. The van der Waals surface area contributed by atoms with E-state index in [1.54, 1.807) is 0 Å². The van der Waals surface area contributed by atoms with Crippen LogP contribution in [-0.2, 0) is 10.8 Å². The monoisotopic (exact) mass is 191 g/mol. The van der Waals surface area contributed by atoms with Crippen LogP contribution in [-0.4, -0.2) is 28.3 Å². The minimum Gasteiger partial charge on any atom is -0.316 e. The first kappa shape index (κ1) is 12.1. The predicted octanol–water partition coefficient (Wildman–Crippen LogP) is 1.39. The summed E-state index contributed by atoms with van der Waals surface area (Å²) in [6.45, 7) is 8.31. The Balaban J connectivity index is 3.94. The molecule has 0 saturated carbocycles. The molecule has 0 aliphatic rings. The van der Waals surface area contributed by atoms with Gasteiger partial charge in [-0.3, -0.25) is 4.21 Å². The maximum atomic E-state index is 11.5. The fourth-order valence-electron chi connectivity index (χ4n) is 0.979. The van der Waals surface area contributed by atoms with E-state index in [2.05, 4.69) is 19.2 Å². The second-order valence-corrected chi connectivity index (χ2v) is 5.77. The minimum absolute atomic E-state index is 0.277. The third kappa shape index (κ3) is 4.21. The summed E-state index contributed by atoms with van der Waals surface area (Å²) in [6.07, 6.45) is 0. The first-order valence-electron chi connectivity index (χ1n) is 4.53. The Morgan fingerprint density at radius 2 is 1.75 bits per heavy atom. The summed E-state index contributed by atoms with van der Waals surface area (Å²) in [4.78, 5) is 0. The SMILES string of the molecule is CNC(CS(=O)C(C)C)C(C)C. The molecule has 3 heteroatoms. The normalized spacial score (nSPS) is 16.9. The predicted molar refractivity (Wildman–Crippen MR) is 55.8 cm³/mol. The molecule has 0 aliphatic heterocycles. The molecule has 0 aliphatic carbocycles. The molecule has 0 bridgehead atoms. The minimum atomic E-state index is -0.685. The van der Waals surface area contributed by atoms with E-state index in [1.165, 1.54) is 0 Å². The van der Waals surface area contributed by atoms with Gasteiger partial charge in [0.15, 0.2) is 0 Å². The van der Waals surface area contributed by atoms with Crippen LogP contribution in [0.3, 0.4) is 0 Å². The molecule has 0 radical (unpaired) electrons. The summed E-state index contributed by atoms with van der Waals surface area (Å²) in [5.74, 6) is 1.32. The summed E-state index contributed by atoms with van der Waals surface area (Å²) in [5, 5.41) is 3.47. The van der Waals surface area contributed by atoms with Gasteiger partial charge in [0.05, 0.1) is 0 Å². The van der Waals surface area contributed by atoms with Gasteiger partial charge >= 0.3 is 0 Å². The fourth-order valence-corrected chi connectivity index (χ4v) is 2.27. The van der Waals surface area contributed by atoms with E-state index >= 15 is 0 Å². The molecule has 74 valence electrons. The summed E-state index contributed by atoms with van der Waals surface area (Å²) in [6, 6.07) is 0.383. The van der Waals surface area contributed by atoms with Crippen LogP contribution in [0.25, 0.3) is 0 Å². The van der Waals surface area contributed by atoms with E-state index in [1.807, 2.05) is 20.9 Å². The maximum absolute atomic E-state index is 11.5. The molecule has 0 aromatic heterocycles. The topological polar surface area (TPSA) is 29.1 Å². The Labute approximate surface area is 78.6 Å². The molecule has 2 nitrogen and oxygen atoms in total. The number of hydrogen-bond donors (Lipinski definition) is 1. The van der Waals surface area contributed by atoms with Gasteiger partial charge in [-0.15, -0.1) is 0 Å². The van der Waals surface area contributed by atoms with Gasteiger partial charge < -0.3 is 5.32 Å². The average Bonchev–Trinajstić information content (AvgIpc) is 1.98. The zero-order valence-corrected chi connectivity index (χ0v) is 9.57. The van der Waals surface area contributed by atoms with Gasteiger partial charge in [0.25, 0.3) is 0 Å². The van der Waals surface area contributed by atoms with E-state index in [9.17, 15) is 4.21 Å². The highest BCUT2D eigenvalue weighted by molar-refractivity contribution is 7.85. The van der Waals surface area contributed by atoms with Gasteiger partial charge in [-0.1, -0.05) is 27.7 Å².